The molecular weight excluding hydrogens is 312 g/mol. The summed E-state index contributed by atoms with van der Waals surface area (Å²) in [5.41, 5.74) is 2.89. The topological polar surface area (TPSA) is 58.1 Å². The number of fused-ring (bicyclic) bond motifs is 1. The van der Waals surface area contributed by atoms with Gasteiger partial charge in [-0.15, -0.1) is 0 Å². The Hall–Kier alpha value is -2.95. The second kappa shape index (κ2) is 6.89. The summed E-state index contributed by atoms with van der Waals surface area (Å²) < 4.78 is 0. The van der Waals surface area contributed by atoms with Gasteiger partial charge in [-0.1, -0.05) is 24.3 Å². The Bertz CT molecular complexity index is 880. The maximum atomic E-state index is 12.2. The van der Waals surface area contributed by atoms with Crippen molar-refractivity contribution >= 4 is 28.3 Å². The van der Waals surface area contributed by atoms with Crippen molar-refractivity contribution in [2.75, 3.05) is 18.4 Å². The van der Waals surface area contributed by atoms with Gasteiger partial charge < -0.3 is 10.2 Å². The highest BCUT2D eigenvalue weighted by atomic mass is 16.2. The zero-order valence-electron chi connectivity index (χ0n) is 14.0. The summed E-state index contributed by atoms with van der Waals surface area (Å²) in [4.78, 5) is 22.8. The van der Waals surface area contributed by atoms with Crippen LogP contribution in [0.3, 0.4) is 0 Å². The smallest absolute Gasteiger partial charge is 0.226 e. The summed E-state index contributed by atoms with van der Waals surface area (Å²) >= 11 is 0. The molecule has 2 heterocycles. The van der Waals surface area contributed by atoms with Crippen LogP contribution in [0.15, 0.2) is 54.9 Å². The first-order valence-electron chi connectivity index (χ1n) is 8.63. The lowest BCUT2D eigenvalue weighted by atomic mass is 10.1. The van der Waals surface area contributed by atoms with Crippen LogP contribution in [0.1, 0.15) is 18.4 Å². The molecule has 0 aliphatic carbocycles. The van der Waals surface area contributed by atoms with E-state index in [9.17, 15) is 4.79 Å². The molecule has 1 aliphatic rings. The number of para-hydroxylation sites is 1. The molecule has 1 N–H and O–H groups in total. The summed E-state index contributed by atoms with van der Waals surface area (Å²) in [6.07, 6.45) is 4.29. The molecule has 0 spiro atoms. The van der Waals surface area contributed by atoms with E-state index in [-0.39, 0.29) is 5.91 Å². The fourth-order valence-electron chi connectivity index (χ4n) is 3.20. The molecule has 0 saturated carbocycles. The second-order valence-electron chi connectivity index (χ2n) is 6.33. The Morgan fingerprint density at radius 2 is 1.76 bits per heavy atom. The van der Waals surface area contributed by atoms with Gasteiger partial charge in [0.15, 0.2) is 0 Å². The first-order valence-corrected chi connectivity index (χ1v) is 8.63. The lowest BCUT2D eigenvalue weighted by Gasteiger charge is -2.15. The van der Waals surface area contributed by atoms with Crippen molar-refractivity contribution in [1.29, 1.82) is 0 Å². The van der Waals surface area contributed by atoms with E-state index < -0.39 is 0 Å². The molecule has 2 aromatic carbocycles. The van der Waals surface area contributed by atoms with E-state index in [4.69, 9.17) is 0 Å². The van der Waals surface area contributed by atoms with Gasteiger partial charge in [0.25, 0.3) is 0 Å². The van der Waals surface area contributed by atoms with Gasteiger partial charge in [0.1, 0.15) is 12.1 Å². The van der Waals surface area contributed by atoms with Crippen molar-refractivity contribution < 1.29 is 4.79 Å². The van der Waals surface area contributed by atoms with Crippen molar-refractivity contribution in [3.05, 3.63) is 60.4 Å². The van der Waals surface area contributed by atoms with Gasteiger partial charge in [-0.25, -0.2) is 9.97 Å². The van der Waals surface area contributed by atoms with E-state index in [1.54, 1.807) is 6.33 Å². The van der Waals surface area contributed by atoms with Crippen molar-refractivity contribution in [1.82, 2.24) is 14.9 Å². The summed E-state index contributed by atoms with van der Waals surface area (Å²) in [5.74, 6) is 1.01. The third-order valence-electron chi connectivity index (χ3n) is 4.57. The minimum Gasteiger partial charge on any atom is -0.342 e. The van der Waals surface area contributed by atoms with Gasteiger partial charge in [-0.2, -0.15) is 0 Å². The minimum absolute atomic E-state index is 0.222. The van der Waals surface area contributed by atoms with Crippen molar-refractivity contribution in [3.8, 4) is 0 Å². The number of aromatic nitrogens is 2. The molecule has 1 aromatic heterocycles. The lowest BCUT2D eigenvalue weighted by molar-refractivity contribution is -0.129. The lowest BCUT2D eigenvalue weighted by Crippen LogP contribution is -2.29. The first kappa shape index (κ1) is 15.6. The van der Waals surface area contributed by atoms with Gasteiger partial charge in [0.05, 0.1) is 11.9 Å². The van der Waals surface area contributed by atoms with Crippen LogP contribution in [-0.4, -0.2) is 33.9 Å². The molecule has 25 heavy (non-hydrogen) atoms. The third-order valence-corrected chi connectivity index (χ3v) is 4.57. The molecule has 1 aliphatic heterocycles. The largest absolute Gasteiger partial charge is 0.342 e. The first-order chi connectivity index (χ1) is 12.3. The van der Waals surface area contributed by atoms with E-state index in [1.807, 2.05) is 53.4 Å². The number of hydrogen-bond donors (Lipinski definition) is 1. The Kier molecular flexibility index (Phi) is 4.29. The highest BCUT2D eigenvalue weighted by Crippen LogP contribution is 2.23. The number of likely N-dealkylation sites (tertiary alicyclic amines) is 1. The number of nitrogens with one attached hydrogen (secondary N) is 1. The molecule has 1 amide bonds. The van der Waals surface area contributed by atoms with Crippen LogP contribution >= 0.6 is 0 Å². The maximum absolute atomic E-state index is 12.2. The van der Waals surface area contributed by atoms with Crippen LogP contribution in [0.4, 0.5) is 11.5 Å². The fraction of sp³-hybridized carbons (Fsp3) is 0.250. The number of amides is 1. The second-order valence-corrected chi connectivity index (χ2v) is 6.33. The standard InChI is InChI=1S/C20H20N4O/c25-19(24-11-3-4-12-24)13-15-7-9-16(10-8-15)23-20-17-5-1-2-6-18(17)21-14-22-20/h1-2,5-10,14H,3-4,11-13H2,(H,21,22,23). The van der Waals surface area contributed by atoms with Crippen LogP contribution in [0.5, 0.6) is 0 Å². The van der Waals surface area contributed by atoms with E-state index in [0.29, 0.717) is 6.42 Å². The molecule has 4 rings (SSSR count). The fourth-order valence-corrected chi connectivity index (χ4v) is 3.20. The zero-order chi connectivity index (χ0) is 17.1. The monoisotopic (exact) mass is 332 g/mol. The number of carbonyl (C=O) groups excluding carboxylic acids is 1. The highest BCUT2D eigenvalue weighted by Gasteiger charge is 2.17. The van der Waals surface area contributed by atoms with Crippen molar-refractivity contribution in [3.63, 3.8) is 0 Å². The number of hydrogen-bond acceptors (Lipinski definition) is 4. The number of benzene rings is 2. The average molecular weight is 332 g/mol. The zero-order valence-corrected chi connectivity index (χ0v) is 14.0. The molecule has 5 heteroatoms. The predicted octanol–water partition coefficient (Wildman–Crippen LogP) is 3.54. The molecule has 0 unspecified atom stereocenters. The summed E-state index contributed by atoms with van der Waals surface area (Å²) in [5, 5.41) is 4.32. The quantitative estimate of drug-likeness (QED) is 0.794. The van der Waals surface area contributed by atoms with Gasteiger partial charge in [0.2, 0.25) is 5.91 Å². The minimum atomic E-state index is 0.222. The van der Waals surface area contributed by atoms with E-state index in [0.717, 1.165) is 53.9 Å². The Morgan fingerprint density at radius 3 is 2.56 bits per heavy atom. The Balaban J connectivity index is 1.47. The molecule has 126 valence electrons. The third kappa shape index (κ3) is 3.45. The molecule has 5 nitrogen and oxygen atoms in total. The van der Waals surface area contributed by atoms with E-state index in [1.165, 1.54) is 0 Å². The molecule has 0 radical (unpaired) electrons. The maximum Gasteiger partial charge on any atom is 0.226 e. The summed E-state index contributed by atoms with van der Waals surface area (Å²) in [7, 11) is 0. The number of rotatable bonds is 4. The van der Waals surface area contributed by atoms with Crippen LogP contribution in [0, 0.1) is 0 Å². The van der Waals surface area contributed by atoms with E-state index >= 15 is 0 Å². The normalized spacial score (nSPS) is 14.0. The Morgan fingerprint density at radius 1 is 1.00 bits per heavy atom. The predicted molar refractivity (Wildman–Crippen MR) is 98.8 cm³/mol. The van der Waals surface area contributed by atoms with E-state index in [2.05, 4.69) is 15.3 Å². The van der Waals surface area contributed by atoms with Gasteiger partial charge in [-0.3, -0.25) is 4.79 Å². The molecule has 0 bridgehead atoms. The SMILES string of the molecule is O=C(Cc1ccc(Nc2ncnc3ccccc23)cc1)N1CCCC1. The van der Waals surface area contributed by atoms with Crippen molar-refractivity contribution in [2.45, 2.75) is 19.3 Å². The number of anilines is 2. The molecule has 3 aromatic rings. The van der Waals surface area contributed by atoms with Crippen LogP contribution in [0.2, 0.25) is 0 Å². The average Bonchev–Trinajstić information content (AvgIpc) is 3.19. The number of nitrogens with zero attached hydrogens (tertiary/aromatic N) is 3. The van der Waals surface area contributed by atoms with Gasteiger partial charge in [0, 0.05) is 24.2 Å². The van der Waals surface area contributed by atoms with Crippen molar-refractivity contribution in [2.24, 2.45) is 0 Å². The van der Waals surface area contributed by atoms with Crippen LogP contribution in [-0.2, 0) is 11.2 Å². The molecule has 1 saturated heterocycles. The van der Waals surface area contributed by atoms with Gasteiger partial charge >= 0.3 is 0 Å². The molecule has 0 atom stereocenters. The molecular formula is C20H20N4O. The van der Waals surface area contributed by atoms with Gasteiger partial charge in [-0.05, 0) is 42.7 Å². The summed E-state index contributed by atoms with van der Waals surface area (Å²) in [6, 6.07) is 15.9. The summed E-state index contributed by atoms with van der Waals surface area (Å²) in [6.45, 7) is 1.80. The van der Waals surface area contributed by atoms with Crippen LogP contribution in [0.25, 0.3) is 10.9 Å². The highest BCUT2D eigenvalue weighted by molar-refractivity contribution is 5.90. The van der Waals surface area contributed by atoms with Crippen LogP contribution < -0.4 is 5.32 Å². The molecule has 1 fully saturated rings. The Labute approximate surface area is 146 Å². The number of carbonyl (C=O) groups is 1.